The summed E-state index contributed by atoms with van der Waals surface area (Å²) in [5.41, 5.74) is 2.54. The first-order valence-corrected chi connectivity index (χ1v) is 9.81. The zero-order valence-corrected chi connectivity index (χ0v) is 17.5. The van der Waals surface area contributed by atoms with E-state index in [4.69, 9.17) is 9.47 Å². The van der Waals surface area contributed by atoms with E-state index in [0.717, 1.165) is 20.3 Å². The Balaban J connectivity index is 2.06. The smallest absolute Gasteiger partial charge is 0.341 e. The van der Waals surface area contributed by atoms with Gasteiger partial charge in [0.05, 0.1) is 16.3 Å². The average molecular weight is 448 g/mol. The summed E-state index contributed by atoms with van der Waals surface area (Å²) in [6.45, 7) is 3.82. The van der Waals surface area contributed by atoms with E-state index in [1.807, 2.05) is 37.3 Å². The van der Waals surface area contributed by atoms with Crippen molar-refractivity contribution in [2.24, 2.45) is 0 Å². The molecule has 1 aromatic heterocycles. The lowest BCUT2D eigenvalue weighted by molar-refractivity contribution is -0.114. The molecule has 0 unspecified atom stereocenters. The summed E-state index contributed by atoms with van der Waals surface area (Å²) in [6, 6.07) is 11.7. The van der Waals surface area contributed by atoms with Crippen LogP contribution in [-0.2, 0) is 16.1 Å². The van der Waals surface area contributed by atoms with Crippen molar-refractivity contribution in [1.82, 2.24) is 0 Å². The molecule has 27 heavy (non-hydrogen) atoms. The van der Waals surface area contributed by atoms with Gasteiger partial charge in [-0.3, -0.25) is 4.79 Å². The largest absolute Gasteiger partial charge is 0.486 e. The third-order valence-electron chi connectivity index (χ3n) is 3.91. The third-order valence-corrected chi connectivity index (χ3v) is 5.65. The Bertz CT molecular complexity index is 1030. The number of nitrogens with one attached hydrogen (secondary N) is 1. The van der Waals surface area contributed by atoms with Crippen molar-refractivity contribution >= 4 is 54.2 Å². The highest BCUT2D eigenvalue weighted by Crippen LogP contribution is 2.44. The van der Waals surface area contributed by atoms with E-state index >= 15 is 0 Å². The topological polar surface area (TPSA) is 64.6 Å². The molecule has 0 atom stereocenters. The number of hydrogen-bond donors (Lipinski definition) is 1. The molecule has 1 heterocycles. The number of aryl methyl sites for hydroxylation is 1. The van der Waals surface area contributed by atoms with Crippen molar-refractivity contribution in [3.05, 3.63) is 57.6 Å². The summed E-state index contributed by atoms with van der Waals surface area (Å²) in [5.74, 6) is -0.134. The summed E-state index contributed by atoms with van der Waals surface area (Å²) in [6.07, 6.45) is 0. The summed E-state index contributed by atoms with van der Waals surface area (Å²) >= 11 is 4.81. The summed E-state index contributed by atoms with van der Waals surface area (Å²) in [5, 5.41) is 3.84. The first-order valence-electron chi connectivity index (χ1n) is 8.20. The molecule has 0 bridgehead atoms. The fraction of sp³-hybridized carbons (Fsp3) is 0.200. The summed E-state index contributed by atoms with van der Waals surface area (Å²) in [7, 11) is 1.32. The molecule has 0 aliphatic rings. The van der Waals surface area contributed by atoms with Crippen LogP contribution in [0.25, 0.3) is 10.1 Å². The second-order valence-electron chi connectivity index (χ2n) is 6.01. The molecule has 0 saturated heterocycles. The molecule has 0 fully saturated rings. The standard InChI is InChI=1S/C20H18BrNO4S/c1-11-5-4-6-13(9-11)10-26-17-15(21)8-7-14-16(20(24)25-3)19(22-12(2)23)27-18(14)17/h4-9H,10H2,1-3H3,(H,22,23). The Hall–Kier alpha value is -2.38. The maximum Gasteiger partial charge on any atom is 0.341 e. The highest BCUT2D eigenvalue weighted by Gasteiger charge is 2.23. The molecule has 0 saturated carbocycles. The van der Waals surface area contributed by atoms with E-state index in [0.29, 0.717) is 28.3 Å². The number of fused-ring (bicyclic) bond motifs is 1. The van der Waals surface area contributed by atoms with Crippen molar-refractivity contribution in [3.63, 3.8) is 0 Å². The van der Waals surface area contributed by atoms with Gasteiger partial charge in [-0.2, -0.15) is 0 Å². The summed E-state index contributed by atoms with van der Waals surface area (Å²) in [4.78, 5) is 23.8. The average Bonchev–Trinajstić information content (AvgIpc) is 2.97. The van der Waals surface area contributed by atoms with Gasteiger partial charge in [0.15, 0.2) is 5.75 Å². The van der Waals surface area contributed by atoms with Gasteiger partial charge in [0.2, 0.25) is 5.91 Å². The molecule has 3 rings (SSSR count). The lowest BCUT2D eigenvalue weighted by atomic mass is 10.1. The number of ether oxygens (including phenoxy) is 2. The second-order valence-corrected chi connectivity index (χ2v) is 7.88. The number of hydrogen-bond acceptors (Lipinski definition) is 5. The quantitative estimate of drug-likeness (QED) is 0.539. The van der Waals surface area contributed by atoms with Crippen LogP contribution in [0.1, 0.15) is 28.4 Å². The van der Waals surface area contributed by atoms with Gasteiger partial charge < -0.3 is 14.8 Å². The molecular weight excluding hydrogens is 430 g/mol. The van der Waals surface area contributed by atoms with E-state index in [-0.39, 0.29) is 5.91 Å². The highest BCUT2D eigenvalue weighted by atomic mass is 79.9. The second kappa shape index (κ2) is 8.10. The maximum absolute atomic E-state index is 12.3. The number of carbonyl (C=O) groups excluding carboxylic acids is 2. The van der Waals surface area contributed by atoms with Crippen LogP contribution in [0.2, 0.25) is 0 Å². The Morgan fingerprint density at radius 1 is 1.22 bits per heavy atom. The number of esters is 1. The Morgan fingerprint density at radius 2 is 2.00 bits per heavy atom. The molecule has 7 heteroatoms. The van der Waals surface area contributed by atoms with Crippen molar-refractivity contribution in [1.29, 1.82) is 0 Å². The Labute approximate surface area is 169 Å². The van der Waals surface area contributed by atoms with Crippen LogP contribution in [0.4, 0.5) is 5.00 Å². The minimum absolute atomic E-state index is 0.256. The van der Waals surface area contributed by atoms with Gasteiger partial charge in [-0.1, -0.05) is 35.9 Å². The molecule has 140 valence electrons. The van der Waals surface area contributed by atoms with Gasteiger partial charge in [0, 0.05) is 12.3 Å². The van der Waals surface area contributed by atoms with E-state index < -0.39 is 5.97 Å². The molecule has 0 spiro atoms. The first kappa shape index (κ1) is 19.4. The summed E-state index contributed by atoms with van der Waals surface area (Å²) < 4.78 is 12.5. The molecule has 2 aromatic carbocycles. The Kier molecular flexibility index (Phi) is 5.82. The van der Waals surface area contributed by atoms with E-state index in [1.54, 1.807) is 0 Å². The number of carbonyl (C=O) groups is 2. The molecule has 1 N–H and O–H groups in total. The van der Waals surface area contributed by atoms with Crippen LogP contribution in [-0.4, -0.2) is 19.0 Å². The number of anilines is 1. The molecule has 5 nitrogen and oxygen atoms in total. The highest BCUT2D eigenvalue weighted by molar-refractivity contribution is 9.10. The minimum Gasteiger partial charge on any atom is -0.486 e. The predicted octanol–water partition coefficient (Wildman–Crippen LogP) is 5.30. The fourth-order valence-electron chi connectivity index (χ4n) is 2.76. The van der Waals surface area contributed by atoms with Crippen LogP contribution in [0.5, 0.6) is 5.75 Å². The molecular formula is C20H18BrNO4S. The Morgan fingerprint density at radius 3 is 2.67 bits per heavy atom. The first-order chi connectivity index (χ1) is 12.9. The van der Waals surface area contributed by atoms with Crippen molar-refractivity contribution in [2.75, 3.05) is 12.4 Å². The van der Waals surface area contributed by atoms with Gasteiger partial charge in [-0.05, 0) is 34.5 Å². The monoisotopic (exact) mass is 447 g/mol. The maximum atomic E-state index is 12.3. The molecule has 0 aliphatic carbocycles. The van der Waals surface area contributed by atoms with Gasteiger partial charge in [-0.25, -0.2) is 4.79 Å². The normalized spacial score (nSPS) is 10.7. The van der Waals surface area contributed by atoms with Crippen molar-refractivity contribution in [2.45, 2.75) is 20.5 Å². The van der Waals surface area contributed by atoms with Gasteiger partial charge in [0.1, 0.15) is 17.2 Å². The van der Waals surface area contributed by atoms with Crippen molar-refractivity contribution < 1.29 is 19.1 Å². The number of rotatable bonds is 5. The number of amides is 1. The molecule has 0 radical (unpaired) electrons. The van der Waals surface area contributed by atoms with Crippen molar-refractivity contribution in [3.8, 4) is 5.75 Å². The third kappa shape index (κ3) is 4.14. The minimum atomic E-state index is -0.503. The van der Waals surface area contributed by atoms with E-state index in [9.17, 15) is 9.59 Å². The number of benzene rings is 2. The molecule has 1 amide bonds. The lowest BCUT2D eigenvalue weighted by Gasteiger charge is -2.10. The predicted molar refractivity (Wildman–Crippen MR) is 111 cm³/mol. The lowest BCUT2D eigenvalue weighted by Crippen LogP contribution is -2.09. The van der Waals surface area contributed by atoms with E-state index in [1.165, 1.54) is 25.4 Å². The molecule has 3 aromatic rings. The number of thiophene rings is 1. The van der Waals surface area contributed by atoms with Crippen LogP contribution < -0.4 is 10.1 Å². The van der Waals surface area contributed by atoms with Gasteiger partial charge >= 0.3 is 5.97 Å². The number of methoxy groups -OCH3 is 1. The van der Waals surface area contributed by atoms with Crippen LogP contribution in [0.15, 0.2) is 40.9 Å². The van der Waals surface area contributed by atoms with Crippen LogP contribution in [0.3, 0.4) is 0 Å². The van der Waals surface area contributed by atoms with Gasteiger partial charge in [0.25, 0.3) is 0 Å². The zero-order chi connectivity index (χ0) is 19.6. The van der Waals surface area contributed by atoms with Gasteiger partial charge in [-0.15, -0.1) is 11.3 Å². The zero-order valence-electron chi connectivity index (χ0n) is 15.1. The molecule has 0 aliphatic heterocycles. The van der Waals surface area contributed by atoms with E-state index in [2.05, 4.69) is 27.3 Å². The fourth-order valence-corrected chi connectivity index (χ4v) is 4.57. The SMILES string of the molecule is COC(=O)c1c(NC(C)=O)sc2c(OCc3cccc(C)c3)c(Br)ccc12. The van der Waals surface area contributed by atoms with Crippen LogP contribution >= 0.6 is 27.3 Å². The number of halogens is 1. The van der Waals surface area contributed by atoms with Crippen LogP contribution in [0, 0.1) is 6.92 Å².